The molecule has 0 aliphatic rings. The average molecular weight is 299 g/mol. The van der Waals surface area contributed by atoms with Gasteiger partial charge in [-0.1, -0.05) is 28.1 Å². The highest BCUT2D eigenvalue weighted by Crippen LogP contribution is 2.12. The van der Waals surface area contributed by atoms with Crippen LogP contribution in [-0.2, 0) is 11.2 Å². The van der Waals surface area contributed by atoms with Crippen molar-refractivity contribution < 1.29 is 4.79 Å². The standard InChI is InChI=1S/C13H19BrN2O/c1-10(15-6-7-16-11(2)17)8-12-4-3-5-13(14)9-12/h3-5,9-10,15H,6-8H2,1-2H3,(H,16,17). The molecule has 17 heavy (non-hydrogen) atoms. The van der Waals surface area contributed by atoms with Crippen molar-refractivity contribution in [3.05, 3.63) is 34.3 Å². The van der Waals surface area contributed by atoms with E-state index in [0.29, 0.717) is 12.6 Å². The van der Waals surface area contributed by atoms with Gasteiger partial charge < -0.3 is 10.6 Å². The molecule has 1 unspecified atom stereocenters. The first-order valence-electron chi connectivity index (χ1n) is 5.80. The highest BCUT2D eigenvalue weighted by Gasteiger charge is 2.03. The van der Waals surface area contributed by atoms with E-state index >= 15 is 0 Å². The fourth-order valence-corrected chi connectivity index (χ4v) is 2.09. The normalized spacial score (nSPS) is 12.2. The van der Waals surface area contributed by atoms with Gasteiger partial charge in [0.1, 0.15) is 0 Å². The Hall–Kier alpha value is -0.870. The molecule has 1 atom stereocenters. The van der Waals surface area contributed by atoms with Gasteiger partial charge in [-0.15, -0.1) is 0 Å². The van der Waals surface area contributed by atoms with Gasteiger partial charge in [0.2, 0.25) is 5.91 Å². The molecule has 4 heteroatoms. The predicted molar refractivity (Wildman–Crippen MR) is 74.0 cm³/mol. The van der Waals surface area contributed by atoms with Crippen LogP contribution in [-0.4, -0.2) is 25.0 Å². The Morgan fingerprint density at radius 3 is 2.82 bits per heavy atom. The van der Waals surface area contributed by atoms with E-state index in [1.807, 2.05) is 12.1 Å². The van der Waals surface area contributed by atoms with Crippen molar-refractivity contribution in [1.82, 2.24) is 10.6 Å². The predicted octanol–water partition coefficient (Wildman–Crippen LogP) is 2.11. The lowest BCUT2D eigenvalue weighted by Gasteiger charge is -2.14. The van der Waals surface area contributed by atoms with Crippen LogP contribution in [0.3, 0.4) is 0 Å². The second kappa shape index (κ2) is 7.45. The van der Waals surface area contributed by atoms with Crippen molar-refractivity contribution in [2.45, 2.75) is 26.3 Å². The third kappa shape index (κ3) is 6.44. The van der Waals surface area contributed by atoms with Gasteiger partial charge >= 0.3 is 0 Å². The summed E-state index contributed by atoms with van der Waals surface area (Å²) >= 11 is 3.46. The summed E-state index contributed by atoms with van der Waals surface area (Å²) in [6.45, 7) is 5.16. The second-order valence-corrected chi connectivity index (χ2v) is 5.09. The Morgan fingerprint density at radius 2 is 2.18 bits per heavy atom. The molecule has 1 amide bonds. The fourth-order valence-electron chi connectivity index (χ4n) is 1.65. The lowest BCUT2D eigenvalue weighted by Crippen LogP contribution is -2.35. The summed E-state index contributed by atoms with van der Waals surface area (Å²) in [5, 5.41) is 6.14. The first-order chi connectivity index (χ1) is 8.08. The van der Waals surface area contributed by atoms with E-state index in [1.54, 1.807) is 0 Å². The average Bonchev–Trinajstić information content (AvgIpc) is 2.24. The number of halogens is 1. The summed E-state index contributed by atoms with van der Waals surface area (Å²) in [6, 6.07) is 8.72. The summed E-state index contributed by atoms with van der Waals surface area (Å²) in [6.07, 6.45) is 0.986. The molecule has 0 heterocycles. The molecule has 3 nitrogen and oxygen atoms in total. The molecular formula is C13H19BrN2O. The third-order valence-electron chi connectivity index (χ3n) is 2.42. The largest absolute Gasteiger partial charge is 0.355 e. The van der Waals surface area contributed by atoms with Crippen molar-refractivity contribution >= 4 is 21.8 Å². The number of hydrogen-bond donors (Lipinski definition) is 2. The molecule has 0 saturated heterocycles. The highest BCUT2D eigenvalue weighted by atomic mass is 79.9. The van der Waals surface area contributed by atoms with Gasteiger partial charge in [0.25, 0.3) is 0 Å². The van der Waals surface area contributed by atoms with Gasteiger partial charge in [-0.2, -0.15) is 0 Å². The lowest BCUT2D eigenvalue weighted by molar-refractivity contribution is -0.118. The van der Waals surface area contributed by atoms with Crippen LogP contribution in [0.2, 0.25) is 0 Å². The number of amides is 1. The van der Waals surface area contributed by atoms with Crippen LogP contribution in [0.5, 0.6) is 0 Å². The highest BCUT2D eigenvalue weighted by molar-refractivity contribution is 9.10. The summed E-state index contributed by atoms with van der Waals surface area (Å²) in [7, 11) is 0. The van der Waals surface area contributed by atoms with Crippen molar-refractivity contribution in [2.75, 3.05) is 13.1 Å². The van der Waals surface area contributed by atoms with Gasteiger partial charge in [0.15, 0.2) is 0 Å². The van der Waals surface area contributed by atoms with Crippen LogP contribution in [0.1, 0.15) is 19.4 Å². The number of nitrogens with one attached hydrogen (secondary N) is 2. The molecule has 94 valence electrons. The number of carbonyl (C=O) groups excluding carboxylic acids is 1. The van der Waals surface area contributed by atoms with Crippen LogP contribution >= 0.6 is 15.9 Å². The molecule has 0 saturated carbocycles. The Morgan fingerprint density at radius 1 is 1.41 bits per heavy atom. The number of benzene rings is 1. The molecule has 1 aromatic rings. The molecule has 0 bridgehead atoms. The molecule has 0 aromatic heterocycles. The zero-order valence-corrected chi connectivity index (χ0v) is 11.9. The molecule has 2 N–H and O–H groups in total. The summed E-state index contributed by atoms with van der Waals surface area (Å²) < 4.78 is 1.11. The van der Waals surface area contributed by atoms with Gasteiger partial charge in [-0.3, -0.25) is 4.79 Å². The van der Waals surface area contributed by atoms with Gasteiger partial charge in [-0.05, 0) is 31.0 Å². The molecule has 1 aromatic carbocycles. The van der Waals surface area contributed by atoms with Gasteiger partial charge in [0, 0.05) is 30.5 Å². The summed E-state index contributed by atoms with van der Waals surface area (Å²) in [5.74, 6) is 0.0199. The molecule has 0 fully saturated rings. The van der Waals surface area contributed by atoms with E-state index in [1.165, 1.54) is 12.5 Å². The van der Waals surface area contributed by atoms with Crippen molar-refractivity contribution in [3.8, 4) is 0 Å². The van der Waals surface area contributed by atoms with E-state index < -0.39 is 0 Å². The van der Waals surface area contributed by atoms with Gasteiger partial charge in [0.05, 0.1) is 0 Å². The molecule has 0 spiro atoms. The Kier molecular flexibility index (Phi) is 6.22. The van der Waals surface area contributed by atoms with E-state index in [-0.39, 0.29) is 5.91 Å². The van der Waals surface area contributed by atoms with Crippen LogP contribution in [0.15, 0.2) is 28.7 Å². The second-order valence-electron chi connectivity index (χ2n) is 4.17. The fraction of sp³-hybridized carbons (Fsp3) is 0.462. The van der Waals surface area contributed by atoms with E-state index in [9.17, 15) is 4.79 Å². The van der Waals surface area contributed by atoms with Gasteiger partial charge in [-0.25, -0.2) is 0 Å². The topological polar surface area (TPSA) is 41.1 Å². The Bertz CT molecular complexity index is 368. The molecule has 0 aliphatic heterocycles. The Labute approximate surface area is 111 Å². The Balaban J connectivity index is 2.25. The number of rotatable bonds is 6. The zero-order chi connectivity index (χ0) is 12.7. The number of carbonyl (C=O) groups is 1. The smallest absolute Gasteiger partial charge is 0.216 e. The maximum atomic E-state index is 10.7. The maximum Gasteiger partial charge on any atom is 0.216 e. The first kappa shape index (κ1) is 14.2. The van der Waals surface area contributed by atoms with Crippen LogP contribution < -0.4 is 10.6 Å². The van der Waals surface area contributed by atoms with Crippen LogP contribution in [0.4, 0.5) is 0 Å². The van der Waals surface area contributed by atoms with E-state index in [4.69, 9.17) is 0 Å². The van der Waals surface area contributed by atoms with Crippen molar-refractivity contribution in [1.29, 1.82) is 0 Å². The van der Waals surface area contributed by atoms with E-state index in [2.05, 4.69) is 45.6 Å². The minimum Gasteiger partial charge on any atom is -0.355 e. The first-order valence-corrected chi connectivity index (χ1v) is 6.59. The molecular weight excluding hydrogens is 280 g/mol. The minimum atomic E-state index is 0.0199. The minimum absolute atomic E-state index is 0.0199. The molecule has 0 radical (unpaired) electrons. The van der Waals surface area contributed by atoms with Crippen molar-refractivity contribution in [2.24, 2.45) is 0 Å². The lowest BCUT2D eigenvalue weighted by atomic mass is 10.1. The summed E-state index contributed by atoms with van der Waals surface area (Å²) in [5.41, 5.74) is 1.30. The zero-order valence-electron chi connectivity index (χ0n) is 10.3. The molecule has 1 rings (SSSR count). The summed E-state index contributed by atoms with van der Waals surface area (Å²) in [4.78, 5) is 10.7. The third-order valence-corrected chi connectivity index (χ3v) is 2.92. The quantitative estimate of drug-likeness (QED) is 0.790. The van der Waals surface area contributed by atoms with Crippen LogP contribution in [0.25, 0.3) is 0 Å². The SMILES string of the molecule is CC(=O)NCCNC(C)Cc1cccc(Br)c1. The van der Waals surface area contributed by atoms with E-state index in [0.717, 1.165) is 17.4 Å². The maximum absolute atomic E-state index is 10.7. The number of hydrogen-bond acceptors (Lipinski definition) is 2. The van der Waals surface area contributed by atoms with Crippen LogP contribution in [0, 0.1) is 0 Å². The molecule has 0 aliphatic carbocycles. The van der Waals surface area contributed by atoms with Crippen molar-refractivity contribution in [3.63, 3.8) is 0 Å². The monoisotopic (exact) mass is 298 g/mol.